The molecule has 31 heavy (non-hydrogen) atoms. The van der Waals surface area contributed by atoms with E-state index in [-0.39, 0.29) is 5.91 Å². The van der Waals surface area contributed by atoms with E-state index >= 15 is 0 Å². The van der Waals surface area contributed by atoms with Gasteiger partial charge in [-0.15, -0.1) is 0 Å². The first-order chi connectivity index (χ1) is 15.1. The molecular formula is C24H27N3O3S. The molecule has 6 nitrogen and oxygen atoms in total. The van der Waals surface area contributed by atoms with Crippen molar-refractivity contribution >= 4 is 35.0 Å². The fraction of sp³-hybridized carbons (Fsp3) is 0.333. The summed E-state index contributed by atoms with van der Waals surface area (Å²) in [5.41, 5.74) is 4.39. The van der Waals surface area contributed by atoms with E-state index in [0.29, 0.717) is 10.8 Å². The van der Waals surface area contributed by atoms with Crippen molar-refractivity contribution in [2.24, 2.45) is 0 Å². The second kappa shape index (κ2) is 9.60. The van der Waals surface area contributed by atoms with Crippen LogP contribution >= 0.6 is 12.2 Å². The van der Waals surface area contributed by atoms with Crippen LogP contribution in [0.5, 0.6) is 5.75 Å². The van der Waals surface area contributed by atoms with Crippen LogP contribution in [-0.2, 0) is 22.5 Å². The highest BCUT2D eigenvalue weighted by Gasteiger charge is 2.33. The second-order valence-electron chi connectivity index (χ2n) is 7.57. The average Bonchev–Trinajstić information content (AvgIpc) is 3.07. The van der Waals surface area contributed by atoms with Gasteiger partial charge in [0.05, 0.1) is 26.0 Å². The number of amides is 1. The van der Waals surface area contributed by atoms with E-state index in [4.69, 9.17) is 21.7 Å². The van der Waals surface area contributed by atoms with Crippen LogP contribution in [0.4, 0.5) is 5.69 Å². The Morgan fingerprint density at radius 3 is 2.68 bits per heavy atom. The van der Waals surface area contributed by atoms with Gasteiger partial charge in [-0.3, -0.25) is 14.6 Å². The Bertz CT molecular complexity index is 1010. The number of rotatable bonds is 6. The third-order valence-corrected chi connectivity index (χ3v) is 5.89. The smallest absolute Gasteiger partial charge is 0.281 e. The van der Waals surface area contributed by atoms with Crippen LogP contribution in [0.15, 0.2) is 48.2 Å². The molecule has 4 rings (SSSR count). The number of anilines is 1. The molecular weight excluding hydrogens is 410 g/mol. The van der Waals surface area contributed by atoms with Gasteiger partial charge >= 0.3 is 0 Å². The number of benzene rings is 2. The number of carbonyl (C=O) groups is 1. The van der Waals surface area contributed by atoms with Gasteiger partial charge in [-0.25, -0.2) is 0 Å². The van der Waals surface area contributed by atoms with Gasteiger partial charge < -0.3 is 14.8 Å². The van der Waals surface area contributed by atoms with Gasteiger partial charge in [-0.05, 0) is 54.0 Å². The average molecular weight is 438 g/mol. The number of nitrogens with zero attached hydrogens (tertiary/aromatic N) is 2. The molecule has 7 heteroatoms. The molecule has 1 amide bonds. The van der Waals surface area contributed by atoms with Gasteiger partial charge in [-0.2, -0.15) is 0 Å². The van der Waals surface area contributed by atoms with Crippen molar-refractivity contribution in [3.63, 3.8) is 0 Å². The minimum absolute atomic E-state index is 0.142. The summed E-state index contributed by atoms with van der Waals surface area (Å²) in [6.45, 7) is 6.14. The van der Waals surface area contributed by atoms with E-state index in [2.05, 4.69) is 23.2 Å². The van der Waals surface area contributed by atoms with Crippen LogP contribution < -0.4 is 15.0 Å². The van der Waals surface area contributed by atoms with Crippen molar-refractivity contribution in [2.45, 2.75) is 19.9 Å². The van der Waals surface area contributed by atoms with Crippen LogP contribution in [0.3, 0.4) is 0 Å². The number of nitrogens with one attached hydrogen (secondary N) is 1. The lowest BCUT2D eigenvalue weighted by Crippen LogP contribution is -2.35. The molecule has 0 spiro atoms. The highest BCUT2D eigenvalue weighted by atomic mass is 32.1. The topological polar surface area (TPSA) is 54.0 Å². The summed E-state index contributed by atoms with van der Waals surface area (Å²) >= 11 is 5.49. The molecule has 0 radical (unpaired) electrons. The second-order valence-corrected chi connectivity index (χ2v) is 7.96. The predicted octanol–water partition coefficient (Wildman–Crippen LogP) is 3.35. The standard InChI is InChI=1S/C24H27N3O3S/c1-3-18-6-4-5-7-21(18)27-23(28)20(25-24(27)31)15-17-8-9-22(29-2)19(14-17)16-26-10-12-30-13-11-26/h4-9,14-15H,3,10-13,16H2,1-2H3,(H,25,31)/b20-15+. The third kappa shape index (κ3) is 4.63. The lowest BCUT2D eigenvalue weighted by molar-refractivity contribution is -0.113. The van der Waals surface area contributed by atoms with Crippen molar-refractivity contribution in [2.75, 3.05) is 38.3 Å². The minimum atomic E-state index is -0.142. The Balaban J connectivity index is 1.60. The lowest BCUT2D eigenvalue weighted by Gasteiger charge is -2.27. The van der Waals surface area contributed by atoms with E-state index in [9.17, 15) is 4.79 Å². The van der Waals surface area contributed by atoms with Gasteiger partial charge in [-0.1, -0.05) is 31.2 Å². The number of hydrogen-bond acceptors (Lipinski definition) is 5. The van der Waals surface area contributed by atoms with Crippen molar-refractivity contribution in [1.82, 2.24) is 10.2 Å². The summed E-state index contributed by atoms with van der Waals surface area (Å²) in [6, 6.07) is 13.8. The molecule has 0 saturated carbocycles. The van der Waals surface area contributed by atoms with Crippen LogP contribution in [0.1, 0.15) is 23.6 Å². The van der Waals surface area contributed by atoms with Gasteiger partial charge in [0, 0.05) is 25.2 Å². The van der Waals surface area contributed by atoms with Crippen LogP contribution in [0, 0.1) is 0 Å². The normalized spacial score (nSPS) is 18.5. The number of aryl methyl sites for hydroxylation is 1. The first-order valence-electron chi connectivity index (χ1n) is 10.5. The SMILES string of the molecule is CCc1ccccc1N1C(=O)/C(=C\c2ccc(OC)c(CN3CCOCC3)c2)NC1=S. The van der Waals surface area contributed by atoms with Crippen molar-refractivity contribution < 1.29 is 14.3 Å². The Hall–Kier alpha value is -2.74. The summed E-state index contributed by atoms with van der Waals surface area (Å²) < 4.78 is 11.0. The Morgan fingerprint density at radius 2 is 1.94 bits per heavy atom. The fourth-order valence-corrected chi connectivity index (χ4v) is 4.25. The molecule has 1 N–H and O–H groups in total. The van der Waals surface area contributed by atoms with E-state index in [1.807, 2.05) is 42.5 Å². The molecule has 0 atom stereocenters. The monoisotopic (exact) mass is 437 g/mol. The number of carbonyl (C=O) groups excluding carboxylic acids is 1. The molecule has 2 aliphatic heterocycles. The molecule has 0 aromatic heterocycles. The summed E-state index contributed by atoms with van der Waals surface area (Å²) in [5.74, 6) is 0.699. The summed E-state index contributed by atoms with van der Waals surface area (Å²) in [4.78, 5) is 17.1. The molecule has 0 aliphatic carbocycles. The number of hydrogen-bond donors (Lipinski definition) is 1. The van der Waals surface area contributed by atoms with Gasteiger partial charge in [0.15, 0.2) is 5.11 Å². The zero-order valence-corrected chi connectivity index (χ0v) is 18.7. The van der Waals surface area contributed by atoms with E-state index in [1.54, 1.807) is 12.0 Å². The highest BCUT2D eigenvalue weighted by molar-refractivity contribution is 7.80. The van der Waals surface area contributed by atoms with Crippen molar-refractivity contribution in [1.29, 1.82) is 0 Å². The van der Waals surface area contributed by atoms with Crippen molar-refractivity contribution in [3.05, 3.63) is 64.9 Å². The maximum absolute atomic E-state index is 13.2. The van der Waals surface area contributed by atoms with Crippen LogP contribution in [0.25, 0.3) is 6.08 Å². The van der Waals surface area contributed by atoms with E-state index in [1.165, 1.54) is 0 Å². The molecule has 2 saturated heterocycles. The molecule has 2 aromatic carbocycles. The molecule has 0 bridgehead atoms. The van der Waals surface area contributed by atoms with Gasteiger partial charge in [0.2, 0.25) is 0 Å². The number of thiocarbonyl (C=S) groups is 1. The molecule has 162 valence electrons. The Kier molecular flexibility index (Phi) is 6.65. The largest absolute Gasteiger partial charge is 0.496 e. The lowest BCUT2D eigenvalue weighted by atomic mass is 10.1. The summed E-state index contributed by atoms with van der Waals surface area (Å²) in [5, 5.41) is 3.49. The minimum Gasteiger partial charge on any atom is -0.496 e. The Labute approximate surface area is 188 Å². The zero-order chi connectivity index (χ0) is 21.8. The molecule has 2 aliphatic rings. The number of morpholine rings is 1. The van der Waals surface area contributed by atoms with E-state index in [0.717, 1.165) is 67.4 Å². The first-order valence-corrected chi connectivity index (χ1v) is 10.9. The molecule has 2 fully saturated rings. The molecule has 0 unspecified atom stereocenters. The van der Waals surface area contributed by atoms with Gasteiger partial charge in [0.25, 0.3) is 5.91 Å². The fourth-order valence-electron chi connectivity index (χ4n) is 3.96. The van der Waals surface area contributed by atoms with Gasteiger partial charge in [0.1, 0.15) is 11.4 Å². The first kappa shape index (κ1) is 21.5. The van der Waals surface area contributed by atoms with E-state index < -0.39 is 0 Å². The quantitative estimate of drug-likeness (QED) is 0.553. The molecule has 2 aromatic rings. The predicted molar refractivity (Wildman–Crippen MR) is 126 cm³/mol. The zero-order valence-electron chi connectivity index (χ0n) is 17.9. The maximum atomic E-state index is 13.2. The number of para-hydroxylation sites is 1. The Morgan fingerprint density at radius 1 is 1.16 bits per heavy atom. The summed E-state index contributed by atoms with van der Waals surface area (Å²) in [6.07, 6.45) is 2.68. The third-order valence-electron chi connectivity index (χ3n) is 5.60. The summed E-state index contributed by atoms with van der Waals surface area (Å²) in [7, 11) is 1.68. The highest BCUT2D eigenvalue weighted by Crippen LogP contribution is 2.28. The number of ether oxygens (including phenoxy) is 2. The molecule has 2 heterocycles. The van der Waals surface area contributed by atoms with Crippen LogP contribution in [0.2, 0.25) is 0 Å². The maximum Gasteiger partial charge on any atom is 0.281 e. The van der Waals surface area contributed by atoms with Crippen LogP contribution in [-0.4, -0.2) is 49.3 Å². The van der Waals surface area contributed by atoms with Crippen molar-refractivity contribution in [3.8, 4) is 5.75 Å². The number of methoxy groups -OCH3 is 1.